The molecular weight excluding hydrogens is 146 g/mol. The molecule has 0 radical (unpaired) electrons. The summed E-state index contributed by atoms with van der Waals surface area (Å²) in [6, 6.07) is 6.24. The SMILES string of the molecule is C=C(C)c1cccc(C)c1NC. The second-order valence-electron chi connectivity index (χ2n) is 3.03. The predicted octanol–water partition coefficient (Wildman–Crippen LogP) is 3.07. The summed E-state index contributed by atoms with van der Waals surface area (Å²) in [5.41, 5.74) is 4.75. The van der Waals surface area contributed by atoms with Gasteiger partial charge in [-0.15, -0.1) is 0 Å². The summed E-state index contributed by atoms with van der Waals surface area (Å²) < 4.78 is 0. The highest BCUT2D eigenvalue weighted by atomic mass is 14.8. The summed E-state index contributed by atoms with van der Waals surface area (Å²) in [4.78, 5) is 0. The van der Waals surface area contributed by atoms with Crippen molar-refractivity contribution in [2.75, 3.05) is 12.4 Å². The molecule has 0 aliphatic rings. The first-order chi connectivity index (χ1) is 5.66. The molecule has 0 heterocycles. The third-order valence-corrected chi connectivity index (χ3v) is 1.98. The average Bonchev–Trinajstić information content (AvgIpc) is 2.03. The molecule has 1 N–H and O–H groups in total. The third kappa shape index (κ3) is 1.50. The fourth-order valence-electron chi connectivity index (χ4n) is 1.36. The van der Waals surface area contributed by atoms with Crippen LogP contribution in [0.2, 0.25) is 0 Å². The van der Waals surface area contributed by atoms with E-state index in [0.29, 0.717) is 0 Å². The quantitative estimate of drug-likeness (QED) is 0.703. The summed E-state index contributed by atoms with van der Waals surface area (Å²) in [6.45, 7) is 8.05. The standard InChI is InChI=1S/C11H15N/c1-8(2)10-7-5-6-9(3)11(10)12-4/h5-7,12H,1H2,2-4H3. The van der Waals surface area contributed by atoms with Crippen molar-refractivity contribution in [3.8, 4) is 0 Å². The Kier molecular flexibility index (Phi) is 2.54. The van der Waals surface area contributed by atoms with Crippen LogP contribution in [0.1, 0.15) is 18.1 Å². The van der Waals surface area contributed by atoms with Gasteiger partial charge >= 0.3 is 0 Å². The van der Waals surface area contributed by atoms with Crippen LogP contribution in [0.3, 0.4) is 0 Å². The molecular formula is C11H15N. The van der Waals surface area contributed by atoms with E-state index >= 15 is 0 Å². The highest BCUT2D eigenvalue weighted by molar-refractivity contribution is 5.75. The van der Waals surface area contributed by atoms with E-state index in [-0.39, 0.29) is 0 Å². The summed E-state index contributed by atoms with van der Waals surface area (Å²) >= 11 is 0. The average molecular weight is 161 g/mol. The zero-order valence-corrected chi connectivity index (χ0v) is 7.94. The summed E-state index contributed by atoms with van der Waals surface area (Å²) in [5, 5.41) is 3.18. The lowest BCUT2D eigenvalue weighted by molar-refractivity contribution is 1.38. The van der Waals surface area contributed by atoms with Crippen molar-refractivity contribution < 1.29 is 0 Å². The maximum absolute atomic E-state index is 3.94. The van der Waals surface area contributed by atoms with Crippen molar-refractivity contribution in [3.63, 3.8) is 0 Å². The number of anilines is 1. The Bertz CT molecular complexity index is 300. The maximum atomic E-state index is 3.94. The van der Waals surface area contributed by atoms with Crippen molar-refractivity contribution in [1.29, 1.82) is 0 Å². The van der Waals surface area contributed by atoms with E-state index in [1.807, 2.05) is 14.0 Å². The number of hydrogen-bond donors (Lipinski definition) is 1. The molecule has 0 saturated carbocycles. The second kappa shape index (κ2) is 3.44. The van der Waals surface area contributed by atoms with Gasteiger partial charge in [0.25, 0.3) is 0 Å². The van der Waals surface area contributed by atoms with Gasteiger partial charge in [0, 0.05) is 18.3 Å². The van der Waals surface area contributed by atoms with Crippen molar-refractivity contribution in [3.05, 3.63) is 35.9 Å². The number of aryl methyl sites for hydroxylation is 1. The summed E-state index contributed by atoms with van der Waals surface area (Å²) in [7, 11) is 1.94. The van der Waals surface area contributed by atoms with Gasteiger partial charge in [0.15, 0.2) is 0 Å². The Hall–Kier alpha value is -1.24. The smallest absolute Gasteiger partial charge is 0.0443 e. The molecule has 0 atom stereocenters. The Balaban J connectivity index is 3.27. The van der Waals surface area contributed by atoms with E-state index in [4.69, 9.17) is 0 Å². The highest BCUT2D eigenvalue weighted by Crippen LogP contribution is 2.25. The van der Waals surface area contributed by atoms with Gasteiger partial charge in [-0.3, -0.25) is 0 Å². The van der Waals surface area contributed by atoms with Crippen LogP contribution >= 0.6 is 0 Å². The molecule has 1 heteroatoms. The van der Waals surface area contributed by atoms with Gasteiger partial charge in [-0.2, -0.15) is 0 Å². The molecule has 0 aliphatic heterocycles. The minimum atomic E-state index is 1.10. The van der Waals surface area contributed by atoms with E-state index < -0.39 is 0 Å². The molecule has 1 rings (SSSR count). The number of benzene rings is 1. The van der Waals surface area contributed by atoms with Gasteiger partial charge in [-0.25, -0.2) is 0 Å². The van der Waals surface area contributed by atoms with Crippen LogP contribution in [0, 0.1) is 6.92 Å². The van der Waals surface area contributed by atoms with Gasteiger partial charge in [-0.1, -0.05) is 24.8 Å². The van der Waals surface area contributed by atoms with Gasteiger partial charge in [0.05, 0.1) is 0 Å². The molecule has 1 aromatic carbocycles. The van der Waals surface area contributed by atoms with Crippen LogP contribution in [0.15, 0.2) is 24.8 Å². The third-order valence-electron chi connectivity index (χ3n) is 1.98. The van der Waals surface area contributed by atoms with E-state index in [1.54, 1.807) is 0 Å². The van der Waals surface area contributed by atoms with Crippen molar-refractivity contribution in [2.24, 2.45) is 0 Å². The number of nitrogens with one attached hydrogen (secondary N) is 1. The van der Waals surface area contributed by atoms with Gasteiger partial charge in [-0.05, 0) is 25.0 Å². The van der Waals surface area contributed by atoms with Crippen LogP contribution in [0.4, 0.5) is 5.69 Å². The minimum absolute atomic E-state index is 1.10. The fraction of sp³-hybridized carbons (Fsp3) is 0.273. The minimum Gasteiger partial charge on any atom is -0.387 e. The first-order valence-corrected chi connectivity index (χ1v) is 4.10. The molecule has 0 aromatic heterocycles. The normalized spacial score (nSPS) is 9.58. The molecule has 1 nitrogen and oxygen atoms in total. The number of para-hydroxylation sites is 1. The molecule has 0 aliphatic carbocycles. The molecule has 64 valence electrons. The van der Waals surface area contributed by atoms with Crippen LogP contribution < -0.4 is 5.32 Å². The Morgan fingerprint density at radius 2 is 2.08 bits per heavy atom. The van der Waals surface area contributed by atoms with Crippen LogP contribution in [-0.2, 0) is 0 Å². The number of rotatable bonds is 2. The van der Waals surface area contributed by atoms with Crippen molar-refractivity contribution in [1.82, 2.24) is 0 Å². The molecule has 0 amide bonds. The molecule has 0 fully saturated rings. The van der Waals surface area contributed by atoms with Crippen LogP contribution in [0.25, 0.3) is 5.57 Å². The predicted molar refractivity (Wildman–Crippen MR) is 55.4 cm³/mol. The molecule has 12 heavy (non-hydrogen) atoms. The van der Waals surface area contributed by atoms with E-state index in [2.05, 4.69) is 37.0 Å². The molecule has 0 bridgehead atoms. The summed E-state index contributed by atoms with van der Waals surface area (Å²) in [5.74, 6) is 0. The monoisotopic (exact) mass is 161 g/mol. The largest absolute Gasteiger partial charge is 0.387 e. The van der Waals surface area contributed by atoms with Gasteiger partial charge in [0.2, 0.25) is 0 Å². The first-order valence-electron chi connectivity index (χ1n) is 4.10. The van der Waals surface area contributed by atoms with E-state index in [1.165, 1.54) is 16.8 Å². The molecule has 0 saturated heterocycles. The summed E-state index contributed by atoms with van der Waals surface area (Å²) in [6.07, 6.45) is 0. The van der Waals surface area contributed by atoms with Gasteiger partial charge in [0.1, 0.15) is 0 Å². The van der Waals surface area contributed by atoms with Crippen LogP contribution in [0.5, 0.6) is 0 Å². The molecule has 0 spiro atoms. The molecule has 1 aromatic rings. The van der Waals surface area contributed by atoms with E-state index in [9.17, 15) is 0 Å². The first kappa shape index (κ1) is 8.85. The topological polar surface area (TPSA) is 12.0 Å². The lowest BCUT2D eigenvalue weighted by Crippen LogP contribution is -1.95. The number of hydrogen-bond acceptors (Lipinski definition) is 1. The maximum Gasteiger partial charge on any atom is 0.0443 e. The second-order valence-corrected chi connectivity index (χ2v) is 3.03. The Morgan fingerprint density at radius 1 is 1.42 bits per heavy atom. The van der Waals surface area contributed by atoms with Crippen molar-refractivity contribution >= 4 is 11.3 Å². The lowest BCUT2D eigenvalue weighted by Gasteiger charge is -2.11. The lowest BCUT2D eigenvalue weighted by atomic mass is 10.0. The van der Waals surface area contributed by atoms with Crippen LogP contribution in [-0.4, -0.2) is 7.05 Å². The zero-order chi connectivity index (χ0) is 9.14. The Morgan fingerprint density at radius 3 is 2.50 bits per heavy atom. The van der Waals surface area contributed by atoms with Crippen molar-refractivity contribution in [2.45, 2.75) is 13.8 Å². The highest BCUT2D eigenvalue weighted by Gasteiger charge is 2.02. The fourth-order valence-corrected chi connectivity index (χ4v) is 1.36. The Labute approximate surface area is 74.1 Å². The zero-order valence-electron chi connectivity index (χ0n) is 7.94. The molecule has 0 unspecified atom stereocenters. The van der Waals surface area contributed by atoms with Gasteiger partial charge < -0.3 is 5.32 Å². The van der Waals surface area contributed by atoms with E-state index in [0.717, 1.165) is 5.57 Å². The number of allylic oxidation sites excluding steroid dienone is 1.